The molecule has 1 aliphatic rings. The summed E-state index contributed by atoms with van der Waals surface area (Å²) in [6.07, 6.45) is 5.73. The lowest BCUT2D eigenvalue weighted by molar-refractivity contribution is 0.264. The third kappa shape index (κ3) is 1.53. The predicted octanol–water partition coefficient (Wildman–Crippen LogP) is 1.98. The lowest BCUT2D eigenvalue weighted by Crippen LogP contribution is -2.26. The lowest BCUT2D eigenvalue weighted by atomic mass is 9.78. The van der Waals surface area contributed by atoms with Gasteiger partial charge in [0, 0.05) is 18.7 Å². The van der Waals surface area contributed by atoms with E-state index in [1.165, 1.54) is 19.3 Å². The molecule has 1 fully saturated rings. The highest BCUT2D eigenvalue weighted by molar-refractivity contribution is 9.10. The summed E-state index contributed by atoms with van der Waals surface area (Å²) in [5.41, 5.74) is 7.28. The molecule has 3 nitrogen and oxygen atoms in total. The van der Waals surface area contributed by atoms with Gasteiger partial charge in [-0.3, -0.25) is 4.68 Å². The quantitative estimate of drug-likeness (QED) is 0.864. The van der Waals surface area contributed by atoms with Crippen LogP contribution in [0.2, 0.25) is 0 Å². The molecule has 0 radical (unpaired) electrons. The fourth-order valence-corrected chi connectivity index (χ4v) is 2.17. The van der Waals surface area contributed by atoms with Crippen LogP contribution in [0, 0.1) is 5.92 Å². The van der Waals surface area contributed by atoms with Crippen molar-refractivity contribution in [2.45, 2.75) is 25.3 Å². The van der Waals surface area contributed by atoms with Crippen LogP contribution in [0.15, 0.2) is 10.8 Å². The van der Waals surface area contributed by atoms with Crippen molar-refractivity contribution >= 4 is 15.9 Å². The first kappa shape index (κ1) is 9.21. The molecule has 0 saturated heterocycles. The second kappa shape index (κ2) is 3.42. The Kier molecular flexibility index (Phi) is 2.43. The van der Waals surface area contributed by atoms with E-state index in [0.29, 0.717) is 5.92 Å². The molecule has 1 heterocycles. The van der Waals surface area contributed by atoms with Gasteiger partial charge in [-0.15, -0.1) is 0 Å². The van der Waals surface area contributed by atoms with Gasteiger partial charge in [0.15, 0.2) is 0 Å². The first-order valence-electron chi connectivity index (χ1n) is 4.63. The van der Waals surface area contributed by atoms with Crippen molar-refractivity contribution in [3.05, 3.63) is 16.4 Å². The largest absolute Gasteiger partial charge is 0.324 e. The highest BCUT2D eigenvalue weighted by Crippen LogP contribution is 2.38. The molecular formula is C9H14BrN3. The molecule has 1 aromatic rings. The fourth-order valence-electron chi connectivity index (χ4n) is 1.72. The fraction of sp³-hybridized carbons (Fsp3) is 0.667. The minimum atomic E-state index is 0.164. The monoisotopic (exact) mass is 243 g/mol. The summed E-state index contributed by atoms with van der Waals surface area (Å²) >= 11 is 3.49. The number of nitrogens with zero attached hydrogens (tertiary/aromatic N) is 2. The van der Waals surface area contributed by atoms with E-state index in [2.05, 4.69) is 21.0 Å². The Morgan fingerprint density at radius 2 is 2.38 bits per heavy atom. The zero-order chi connectivity index (χ0) is 9.42. The van der Waals surface area contributed by atoms with Crippen molar-refractivity contribution in [1.29, 1.82) is 0 Å². The Hall–Kier alpha value is -0.350. The smallest absolute Gasteiger partial charge is 0.108 e. The maximum atomic E-state index is 6.13. The molecule has 0 aromatic carbocycles. The second-order valence-electron chi connectivity index (χ2n) is 3.73. The summed E-state index contributed by atoms with van der Waals surface area (Å²) in [6, 6.07) is 0.164. The van der Waals surface area contributed by atoms with Crippen molar-refractivity contribution in [1.82, 2.24) is 9.78 Å². The molecule has 1 saturated carbocycles. The van der Waals surface area contributed by atoms with Gasteiger partial charge in [0.1, 0.15) is 4.60 Å². The van der Waals surface area contributed by atoms with E-state index in [0.717, 1.165) is 10.2 Å². The lowest BCUT2D eigenvalue weighted by Gasteiger charge is -2.30. The van der Waals surface area contributed by atoms with Gasteiger partial charge in [-0.2, -0.15) is 5.10 Å². The van der Waals surface area contributed by atoms with Gasteiger partial charge in [-0.1, -0.05) is 6.42 Å². The van der Waals surface area contributed by atoms with Crippen molar-refractivity contribution in [3.8, 4) is 0 Å². The number of hydrogen-bond acceptors (Lipinski definition) is 2. The van der Waals surface area contributed by atoms with E-state index < -0.39 is 0 Å². The topological polar surface area (TPSA) is 43.8 Å². The highest BCUT2D eigenvalue weighted by atomic mass is 79.9. The summed E-state index contributed by atoms with van der Waals surface area (Å²) in [6.45, 7) is 0. The van der Waals surface area contributed by atoms with E-state index in [4.69, 9.17) is 5.73 Å². The molecule has 0 amide bonds. The summed E-state index contributed by atoms with van der Waals surface area (Å²) in [7, 11) is 1.92. The highest BCUT2D eigenvalue weighted by Gasteiger charge is 2.27. The average molecular weight is 244 g/mol. The summed E-state index contributed by atoms with van der Waals surface area (Å²) in [5.74, 6) is 0.667. The van der Waals surface area contributed by atoms with E-state index in [9.17, 15) is 0 Å². The van der Waals surface area contributed by atoms with Crippen LogP contribution in [-0.4, -0.2) is 9.78 Å². The molecule has 0 bridgehead atoms. The van der Waals surface area contributed by atoms with Gasteiger partial charge >= 0.3 is 0 Å². The van der Waals surface area contributed by atoms with E-state index in [1.54, 1.807) is 0 Å². The molecule has 0 aliphatic heterocycles. The molecule has 0 spiro atoms. The van der Waals surface area contributed by atoms with Gasteiger partial charge in [-0.25, -0.2) is 0 Å². The molecule has 1 aromatic heterocycles. The van der Waals surface area contributed by atoms with E-state index in [-0.39, 0.29) is 6.04 Å². The van der Waals surface area contributed by atoms with Crippen LogP contribution in [0.5, 0.6) is 0 Å². The summed E-state index contributed by atoms with van der Waals surface area (Å²) < 4.78 is 2.83. The number of halogens is 1. The zero-order valence-electron chi connectivity index (χ0n) is 7.70. The molecule has 2 N–H and O–H groups in total. The first-order valence-corrected chi connectivity index (χ1v) is 5.42. The molecule has 2 rings (SSSR count). The maximum absolute atomic E-state index is 6.13. The maximum Gasteiger partial charge on any atom is 0.108 e. The Balaban J connectivity index is 2.18. The number of aryl methyl sites for hydroxylation is 1. The second-order valence-corrected chi connectivity index (χ2v) is 4.48. The number of aromatic nitrogens is 2. The molecule has 4 heteroatoms. The Bertz CT molecular complexity index is 304. The Labute approximate surface area is 86.4 Å². The SMILES string of the molecule is Cn1ncc(C(N)C2CCC2)c1Br. The minimum Gasteiger partial charge on any atom is -0.324 e. The van der Waals surface area contributed by atoms with Crippen LogP contribution in [0.3, 0.4) is 0 Å². The van der Waals surface area contributed by atoms with Crippen LogP contribution in [0.25, 0.3) is 0 Å². The van der Waals surface area contributed by atoms with Gasteiger partial charge in [-0.05, 0) is 34.7 Å². The van der Waals surface area contributed by atoms with Gasteiger partial charge in [0.05, 0.1) is 6.20 Å². The molecule has 1 atom stereocenters. The van der Waals surface area contributed by atoms with Crippen molar-refractivity contribution < 1.29 is 0 Å². The van der Waals surface area contributed by atoms with Gasteiger partial charge in [0.25, 0.3) is 0 Å². The van der Waals surface area contributed by atoms with Crippen LogP contribution in [-0.2, 0) is 7.05 Å². The van der Waals surface area contributed by atoms with Crippen LogP contribution >= 0.6 is 15.9 Å². The summed E-state index contributed by atoms with van der Waals surface area (Å²) in [4.78, 5) is 0. The molecule has 1 unspecified atom stereocenters. The van der Waals surface area contributed by atoms with Gasteiger partial charge < -0.3 is 5.73 Å². The standard InChI is InChI=1S/C9H14BrN3/c1-13-9(10)7(5-12-13)8(11)6-3-2-4-6/h5-6,8H,2-4,11H2,1H3. The van der Waals surface area contributed by atoms with E-state index >= 15 is 0 Å². The molecule has 72 valence electrons. The molecule has 13 heavy (non-hydrogen) atoms. The third-order valence-electron chi connectivity index (χ3n) is 2.91. The van der Waals surface area contributed by atoms with Crippen LogP contribution in [0.4, 0.5) is 0 Å². The first-order chi connectivity index (χ1) is 6.20. The Morgan fingerprint density at radius 3 is 2.77 bits per heavy atom. The number of hydrogen-bond donors (Lipinski definition) is 1. The van der Waals surface area contributed by atoms with Crippen molar-refractivity contribution in [3.63, 3.8) is 0 Å². The van der Waals surface area contributed by atoms with Crippen LogP contribution in [0.1, 0.15) is 30.9 Å². The zero-order valence-corrected chi connectivity index (χ0v) is 9.29. The van der Waals surface area contributed by atoms with Crippen molar-refractivity contribution in [2.24, 2.45) is 18.7 Å². The minimum absolute atomic E-state index is 0.164. The third-order valence-corrected chi connectivity index (χ3v) is 3.88. The summed E-state index contributed by atoms with van der Waals surface area (Å²) in [5, 5.41) is 4.17. The van der Waals surface area contributed by atoms with Crippen molar-refractivity contribution in [2.75, 3.05) is 0 Å². The molecule has 1 aliphatic carbocycles. The Morgan fingerprint density at radius 1 is 1.69 bits per heavy atom. The molecular weight excluding hydrogens is 230 g/mol. The van der Waals surface area contributed by atoms with Gasteiger partial charge in [0.2, 0.25) is 0 Å². The number of nitrogens with two attached hydrogens (primary N) is 1. The average Bonchev–Trinajstić information content (AvgIpc) is 2.29. The number of rotatable bonds is 2. The normalized spacial score (nSPS) is 19.9. The predicted molar refractivity (Wildman–Crippen MR) is 55.2 cm³/mol. The van der Waals surface area contributed by atoms with E-state index in [1.807, 2.05) is 17.9 Å². The van der Waals surface area contributed by atoms with Crippen LogP contribution < -0.4 is 5.73 Å².